The number of carbonyl (C=O) groups is 1. The third kappa shape index (κ3) is 16.9. The standard InChI is InChI=1S/C18H32O2/c1-2-3-4-5-6-7-8-9-10-11-12-13-14-15-16-17-18(19)20/h6-7,9-10H,2-5,8,11-17H2,1H3,(H,19,20)/b7-6-,10-9-/i17D. The molecule has 0 heterocycles. The lowest BCUT2D eigenvalue weighted by Gasteiger charge is -1.98. The molecule has 0 amide bonds. The maximum atomic E-state index is 10.5. The molecule has 0 radical (unpaired) electrons. The molecular weight excluding hydrogens is 248 g/mol. The zero-order chi connectivity index (χ0) is 15.8. The summed E-state index contributed by atoms with van der Waals surface area (Å²) in [5, 5.41) is 8.58. The van der Waals surface area contributed by atoms with Gasteiger partial charge in [-0.15, -0.1) is 0 Å². The molecule has 0 aliphatic carbocycles. The summed E-state index contributed by atoms with van der Waals surface area (Å²) in [4.78, 5) is 10.5. The number of rotatable bonds is 14. The van der Waals surface area contributed by atoms with Crippen LogP contribution in [0.5, 0.6) is 0 Å². The van der Waals surface area contributed by atoms with E-state index in [0.29, 0.717) is 6.42 Å². The highest BCUT2D eigenvalue weighted by Gasteiger charge is 1.95. The van der Waals surface area contributed by atoms with Crippen molar-refractivity contribution in [3.05, 3.63) is 24.3 Å². The third-order valence-corrected chi connectivity index (χ3v) is 3.22. The largest absolute Gasteiger partial charge is 0.481 e. The van der Waals surface area contributed by atoms with E-state index in [1.165, 1.54) is 25.7 Å². The number of hydrogen-bond donors (Lipinski definition) is 1. The van der Waals surface area contributed by atoms with Gasteiger partial charge in [0.15, 0.2) is 0 Å². The molecule has 20 heavy (non-hydrogen) atoms. The first-order valence-corrected chi connectivity index (χ1v) is 8.13. The molecule has 0 saturated heterocycles. The fraction of sp³-hybridized carbons (Fsp3) is 0.722. The molecule has 2 heteroatoms. The van der Waals surface area contributed by atoms with Gasteiger partial charge in [-0.1, -0.05) is 63.3 Å². The van der Waals surface area contributed by atoms with Crippen molar-refractivity contribution in [3.63, 3.8) is 0 Å². The van der Waals surface area contributed by atoms with Crippen LogP contribution in [0.2, 0.25) is 0 Å². The average Bonchev–Trinajstić information content (AvgIpc) is 2.47. The first-order chi connectivity index (χ1) is 10.2. The van der Waals surface area contributed by atoms with Crippen molar-refractivity contribution in [3.8, 4) is 0 Å². The molecule has 0 rings (SSSR count). The summed E-state index contributed by atoms with van der Waals surface area (Å²) < 4.78 is 7.27. The van der Waals surface area contributed by atoms with Gasteiger partial charge in [-0.3, -0.25) is 4.79 Å². The molecule has 0 fully saturated rings. The molecule has 0 aromatic rings. The molecule has 1 atom stereocenters. The minimum absolute atomic E-state index is 0.480. The van der Waals surface area contributed by atoms with Crippen LogP contribution < -0.4 is 0 Å². The molecule has 1 unspecified atom stereocenters. The number of allylic oxidation sites excluding steroid dienone is 4. The first kappa shape index (κ1) is 17.0. The highest BCUT2D eigenvalue weighted by Crippen LogP contribution is 2.08. The summed E-state index contributed by atoms with van der Waals surface area (Å²) in [6, 6.07) is 0. The van der Waals surface area contributed by atoms with Crippen LogP contribution in [-0.4, -0.2) is 11.1 Å². The van der Waals surface area contributed by atoms with Gasteiger partial charge in [-0.25, -0.2) is 0 Å². The summed E-state index contributed by atoms with van der Waals surface area (Å²) >= 11 is 0. The van der Waals surface area contributed by atoms with Crippen molar-refractivity contribution < 1.29 is 11.3 Å². The molecule has 0 bridgehead atoms. The summed E-state index contributed by atoms with van der Waals surface area (Å²) in [5.74, 6) is -0.999. The van der Waals surface area contributed by atoms with Crippen LogP contribution in [0.3, 0.4) is 0 Å². The Balaban J connectivity index is 3.27. The fourth-order valence-corrected chi connectivity index (χ4v) is 2.00. The monoisotopic (exact) mass is 281 g/mol. The maximum Gasteiger partial charge on any atom is 0.303 e. The Morgan fingerprint density at radius 3 is 2.05 bits per heavy atom. The lowest BCUT2D eigenvalue weighted by Crippen LogP contribution is -1.93. The van der Waals surface area contributed by atoms with Crippen molar-refractivity contribution in [1.82, 2.24) is 0 Å². The predicted molar refractivity (Wildman–Crippen MR) is 87.0 cm³/mol. The maximum absolute atomic E-state index is 10.5. The Labute approximate surface area is 126 Å². The normalized spacial score (nSPS) is 13.9. The predicted octanol–water partition coefficient (Wildman–Crippen LogP) is 5.88. The fourth-order valence-electron chi connectivity index (χ4n) is 2.00. The zero-order valence-electron chi connectivity index (χ0n) is 14.0. The Morgan fingerprint density at radius 1 is 0.900 bits per heavy atom. The van der Waals surface area contributed by atoms with Crippen LogP contribution >= 0.6 is 0 Å². The van der Waals surface area contributed by atoms with Gasteiger partial charge in [-0.05, 0) is 38.5 Å². The number of aliphatic carboxylic acids is 1. The summed E-state index contributed by atoms with van der Waals surface area (Å²) in [5.41, 5.74) is 0. The highest BCUT2D eigenvalue weighted by atomic mass is 16.4. The van der Waals surface area contributed by atoms with Crippen molar-refractivity contribution >= 4 is 5.97 Å². The van der Waals surface area contributed by atoms with Gasteiger partial charge in [0.2, 0.25) is 0 Å². The minimum atomic E-state index is -0.999. The minimum Gasteiger partial charge on any atom is -0.481 e. The van der Waals surface area contributed by atoms with E-state index in [2.05, 4.69) is 31.2 Å². The van der Waals surface area contributed by atoms with Crippen LogP contribution in [0.4, 0.5) is 0 Å². The van der Waals surface area contributed by atoms with E-state index in [4.69, 9.17) is 6.48 Å². The molecule has 116 valence electrons. The summed E-state index contributed by atoms with van der Waals surface area (Å²) in [6.07, 6.45) is 20.0. The zero-order valence-corrected chi connectivity index (χ0v) is 13.0. The van der Waals surface area contributed by atoms with Crippen molar-refractivity contribution in [2.75, 3.05) is 0 Å². The Bertz CT molecular complexity index is 298. The second-order valence-electron chi connectivity index (χ2n) is 5.21. The van der Waals surface area contributed by atoms with Gasteiger partial charge in [0, 0.05) is 7.77 Å². The van der Waals surface area contributed by atoms with Crippen LogP contribution in [0.25, 0.3) is 0 Å². The number of carboxylic acid groups (broad SMARTS) is 1. The Hall–Kier alpha value is -1.05. The Morgan fingerprint density at radius 2 is 1.45 bits per heavy atom. The van der Waals surface area contributed by atoms with Crippen LogP contribution in [0.1, 0.15) is 85.3 Å². The number of unbranched alkanes of at least 4 members (excludes halogenated alkanes) is 7. The third-order valence-electron chi connectivity index (χ3n) is 3.22. The molecule has 0 aromatic carbocycles. The Kier molecular flexibility index (Phi) is 13.6. The molecule has 0 saturated carbocycles. The smallest absolute Gasteiger partial charge is 0.303 e. The number of hydrogen-bond acceptors (Lipinski definition) is 1. The summed E-state index contributed by atoms with van der Waals surface area (Å²) in [6.45, 7) is 2.23. The highest BCUT2D eigenvalue weighted by molar-refractivity contribution is 5.66. The molecule has 0 aliphatic rings. The lowest BCUT2D eigenvalue weighted by atomic mass is 10.1. The SMILES string of the molecule is [2H]C(CCCCCC/C=C\C/C=C\CCCCC)C(=O)O. The van der Waals surface area contributed by atoms with Crippen molar-refractivity contribution in [1.29, 1.82) is 0 Å². The van der Waals surface area contributed by atoms with Gasteiger partial charge in [0.1, 0.15) is 0 Å². The van der Waals surface area contributed by atoms with Crippen LogP contribution in [0, 0.1) is 0 Å². The van der Waals surface area contributed by atoms with E-state index in [1.807, 2.05) is 0 Å². The molecule has 0 spiro atoms. The molecule has 1 N–H and O–H groups in total. The van der Waals surface area contributed by atoms with E-state index in [-0.39, 0.29) is 0 Å². The van der Waals surface area contributed by atoms with Crippen molar-refractivity contribution in [2.45, 2.75) is 83.9 Å². The van der Waals surface area contributed by atoms with E-state index in [1.54, 1.807) is 0 Å². The average molecular weight is 281 g/mol. The van der Waals surface area contributed by atoms with E-state index in [9.17, 15) is 4.79 Å². The van der Waals surface area contributed by atoms with E-state index >= 15 is 0 Å². The lowest BCUT2D eigenvalue weighted by molar-refractivity contribution is -0.137. The number of carboxylic acids is 1. The summed E-state index contributed by atoms with van der Waals surface area (Å²) in [7, 11) is 0. The van der Waals surface area contributed by atoms with Gasteiger partial charge in [-0.2, -0.15) is 0 Å². The molecule has 0 aromatic heterocycles. The van der Waals surface area contributed by atoms with Crippen molar-refractivity contribution in [2.24, 2.45) is 0 Å². The first-order valence-electron chi connectivity index (χ1n) is 8.71. The van der Waals surface area contributed by atoms with Gasteiger partial charge in [0.05, 0.1) is 0 Å². The van der Waals surface area contributed by atoms with Gasteiger partial charge in [0.25, 0.3) is 0 Å². The molecular formula is C18H32O2. The van der Waals surface area contributed by atoms with Crippen LogP contribution in [0.15, 0.2) is 24.3 Å². The second kappa shape index (κ2) is 16.0. The van der Waals surface area contributed by atoms with Gasteiger partial charge < -0.3 is 5.11 Å². The topological polar surface area (TPSA) is 37.3 Å². The second-order valence-corrected chi connectivity index (χ2v) is 5.21. The van der Waals surface area contributed by atoms with E-state index < -0.39 is 12.4 Å². The molecule has 2 nitrogen and oxygen atoms in total. The van der Waals surface area contributed by atoms with Crippen LogP contribution in [-0.2, 0) is 4.79 Å². The quantitative estimate of drug-likeness (QED) is 0.318. The van der Waals surface area contributed by atoms with E-state index in [0.717, 1.165) is 38.5 Å². The van der Waals surface area contributed by atoms with Gasteiger partial charge >= 0.3 is 5.97 Å². The molecule has 0 aliphatic heterocycles.